The van der Waals surface area contributed by atoms with E-state index >= 15 is 0 Å². The first kappa shape index (κ1) is 44.3. The highest BCUT2D eigenvalue weighted by atomic mass is 16.2. The quantitative estimate of drug-likeness (QED) is 0.0614. The summed E-state index contributed by atoms with van der Waals surface area (Å²) in [5, 5.41) is 6.42. The number of para-hydroxylation sites is 1. The molecule has 0 spiro atoms. The maximum atomic E-state index is 13.4. The van der Waals surface area contributed by atoms with Crippen LogP contribution in [0, 0.1) is 0 Å². The fourth-order valence-corrected chi connectivity index (χ4v) is 5.27. The molecule has 1 aromatic heterocycles. The first-order chi connectivity index (χ1) is 25.6. The van der Waals surface area contributed by atoms with Crippen LogP contribution in [0.3, 0.4) is 0 Å². The number of anilines is 1. The lowest BCUT2D eigenvalue weighted by molar-refractivity contribution is -0.141. The van der Waals surface area contributed by atoms with Gasteiger partial charge in [-0.15, -0.1) is 0 Å². The number of aryl methyl sites for hydroxylation is 1. The van der Waals surface area contributed by atoms with Crippen molar-refractivity contribution >= 4 is 46.5 Å². The third-order valence-electron chi connectivity index (χ3n) is 8.21. The summed E-state index contributed by atoms with van der Waals surface area (Å²) in [5.41, 5.74) is 30.1. The molecule has 0 saturated heterocycles. The highest BCUT2D eigenvalue weighted by Crippen LogP contribution is 2.17. The Morgan fingerprint density at radius 1 is 0.792 bits per heavy atom. The normalized spacial score (nSPS) is 11.9. The molecular weight excluding hydrogens is 678 g/mol. The molecule has 2 aromatic carbocycles. The van der Waals surface area contributed by atoms with Crippen LogP contribution in [0.25, 0.3) is 10.9 Å². The van der Waals surface area contributed by atoms with E-state index in [1.807, 2.05) is 61.6 Å². The van der Waals surface area contributed by atoms with Crippen LogP contribution in [0.4, 0.5) is 5.69 Å². The minimum Gasteiger partial charge on any atom is -0.343 e. The first-order valence-corrected chi connectivity index (χ1v) is 17.8. The Morgan fingerprint density at radius 2 is 1.42 bits per heavy atom. The van der Waals surface area contributed by atoms with Gasteiger partial charge < -0.3 is 58.8 Å². The molecule has 2 atom stereocenters. The van der Waals surface area contributed by atoms with Gasteiger partial charge in [0.2, 0.25) is 23.6 Å². The van der Waals surface area contributed by atoms with Crippen molar-refractivity contribution in [2.24, 2.45) is 28.7 Å². The van der Waals surface area contributed by atoms with Gasteiger partial charge in [0.15, 0.2) is 0 Å². The number of carbonyl (C=O) groups excluding carboxylic acids is 5. The number of likely N-dealkylation sites (N-methyl/N-ethyl adjacent to an activating group) is 1. The lowest BCUT2D eigenvalue weighted by Gasteiger charge is -2.26. The first-order valence-electron chi connectivity index (χ1n) is 17.8. The van der Waals surface area contributed by atoms with Crippen LogP contribution in [0.5, 0.6) is 0 Å². The average Bonchev–Trinajstić information content (AvgIpc) is 3.15. The average molecular weight is 736 g/mol. The van der Waals surface area contributed by atoms with Gasteiger partial charge in [-0.05, 0) is 44.0 Å². The molecule has 0 aliphatic rings. The standard InChI is InChI=1S/C32H42N8O5.C5H15N3/c33-14-16-39(17-15-34)30(43)22-40(18-19-41)29(42)13-11-26(35)31(44)38-28(12-10-23-6-2-1-3-7-23)32(45)37-25-20-24-8-4-5-9-27(24)36-21-25;1-8(4-2-6)5-3-7/h1-9,19-21,26,28H,10-18,22,33-35H2,(H,37,45)(H,38,44);2-7H2,1H3. The van der Waals surface area contributed by atoms with Crippen molar-refractivity contribution < 1.29 is 24.0 Å². The molecule has 3 rings (SSSR count). The topological polar surface area (TPSA) is 262 Å². The number of nitrogens with one attached hydrogen (secondary N) is 2. The van der Waals surface area contributed by atoms with Crippen LogP contribution in [-0.2, 0) is 30.4 Å². The Hall–Kier alpha value is -4.84. The van der Waals surface area contributed by atoms with Crippen LogP contribution in [0.15, 0.2) is 66.9 Å². The van der Waals surface area contributed by atoms with Gasteiger partial charge in [-0.1, -0.05) is 48.5 Å². The molecule has 0 bridgehead atoms. The number of nitrogens with zero attached hydrogens (tertiary/aromatic N) is 4. The largest absolute Gasteiger partial charge is 0.343 e. The molecule has 16 nitrogen and oxygen atoms in total. The van der Waals surface area contributed by atoms with E-state index in [1.54, 1.807) is 12.3 Å². The van der Waals surface area contributed by atoms with Gasteiger partial charge in [-0.3, -0.25) is 24.2 Å². The molecule has 0 fully saturated rings. The molecule has 0 radical (unpaired) electrons. The van der Waals surface area contributed by atoms with Crippen molar-refractivity contribution in [3.05, 3.63) is 72.4 Å². The van der Waals surface area contributed by atoms with E-state index in [0.717, 1.165) is 47.5 Å². The Labute approximate surface area is 311 Å². The molecule has 2 unspecified atom stereocenters. The van der Waals surface area contributed by atoms with Gasteiger partial charge in [0, 0.05) is 64.2 Å². The number of amides is 4. The van der Waals surface area contributed by atoms with Crippen molar-refractivity contribution in [2.45, 2.75) is 37.8 Å². The molecule has 1 heterocycles. The number of benzene rings is 2. The third kappa shape index (κ3) is 16.6. The molecule has 3 aromatic rings. The third-order valence-corrected chi connectivity index (χ3v) is 8.21. The summed E-state index contributed by atoms with van der Waals surface area (Å²) >= 11 is 0. The van der Waals surface area contributed by atoms with Gasteiger partial charge in [-0.2, -0.15) is 0 Å². The summed E-state index contributed by atoms with van der Waals surface area (Å²) in [7, 11) is 2.01. The van der Waals surface area contributed by atoms with Crippen molar-refractivity contribution in [2.75, 3.05) is 77.8 Å². The Morgan fingerprint density at radius 3 is 2.04 bits per heavy atom. The van der Waals surface area contributed by atoms with Gasteiger partial charge >= 0.3 is 0 Å². The van der Waals surface area contributed by atoms with Crippen LogP contribution in [-0.4, -0.2) is 134 Å². The molecule has 53 heavy (non-hydrogen) atoms. The highest BCUT2D eigenvalue weighted by Gasteiger charge is 2.26. The van der Waals surface area contributed by atoms with E-state index in [2.05, 4.69) is 20.5 Å². The van der Waals surface area contributed by atoms with Gasteiger partial charge in [0.25, 0.3) is 0 Å². The highest BCUT2D eigenvalue weighted by molar-refractivity contribution is 5.99. The van der Waals surface area contributed by atoms with E-state index in [9.17, 15) is 24.0 Å². The number of aromatic nitrogens is 1. The summed E-state index contributed by atoms with van der Waals surface area (Å²) < 4.78 is 0. The minimum atomic E-state index is -1.12. The zero-order chi connectivity index (χ0) is 39.0. The maximum Gasteiger partial charge on any atom is 0.247 e. The minimum absolute atomic E-state index is 0.0643. The number of nitrogens with two attached hydrogens (primary N) is 5. The number of hydrogen-bond acceptors (Lipinski definition) is 12. The molecule has 0 aliphatic heterocycles. The van der Waals surface area contributed by atoms with Gasteiger partial charge in [0.05, 0.1) is 30.0 Å². The molecular formula is C37H57N11O5. The second kappa shape index (κ2) is 25.2. The number of aldehydes is 1. The van der Waals surface area contributed by atoms with Crippen molar-refractivity contribution in [1.29, 1.82) is 0 Å². The van der Waals surface area contributed by atoms with Crippen LogP contribution in [0.1, 0.15) is 24.8 Å². The molecule has 16 heteroatoms. The lowest BCUT2D eigenvalue weighted by Crippen LogP contribution is -2.50. The molecule has 0 saturated carbocycles. The smallest absolute Gasteiger partial charge is 0.247 e. The molecule has 12 N–H and O–H groups in total. The summed E-state index contributed by atoms with van der Waals surface area (Å²) in [5.74, 6) is -1.95. The second-order valence-electron chi connectivity index (χ2n) is 12.4. The molecule has 0 aliphatic carbocycles. The van der Waals surface area contributed by atoms with Crippen LogP contribution < -0.4 is 39.3 Å². The lowest BCUT2D eigenvalue weighted by atomic mass is 10.0. The number of pyridine rings is 1. The zero-order valence-corrected chi connectivity index (χ0v) is 30.7. The van der Waals surface area contributed by atoms with E-state index in [1.165, 1.54) is 4.90 Å². The van der Waals surface area contributed by atoms with E-state index in [-0.39, 0.29) is 52.1 Å². The molecule has 4 amide bonds. The monoisotopic (exact) mass is 735 g/mol. The fourth-order valence-electron chi connectivity index (χ4n) is 5.27. The van der Waals surface area contributed by atoms with E-state index in [4.69, 9.17) is 28.7 Å². The predicted molar refractivity (Wildman–Crippen MR) is 207 cm³/mol. The Bertz CT molecular complexity index is 1550. The van der Waals surface area contributed by atoms with E-state index < -0.39 is 35.7 Å². The summed E-state index contributed by atoms with van der Waals surface area (Å²) in [4.78, 5) is 72.3. The van der Waals surface area contributed by atoms with Crippen LogP contribution >= 0.6 is 0 Å². The number of hydrogen-bond donors (Lipinski definition) is 7. The SMILES string of the molecule is CN(CCN)CCN.NCCN(CCN)C(=O)CN(CC=O)C(=O)CCC(N)C(=O)NC(CCc1ccccc1)C(=O)Nc1cnc2ccccc2c1. The van der Waals surface area contributed by atoms with Crippen LogP contribution in [0.2, 0.25) is 0 Å². The second-order valence-corrected chi connectivity index (χ2v) is 12.4. The zero-order valence-electron chi connectivity index (χ0n) is 30.7. The van der Waals surface area contributed by atoms with Crippen molar-refractivity contribution in [1.82, 2.24) is 25.0 Å². The molecule has 290 valence electrons. The van der Waals surface area contributed by atoms with Gasteiger partial charge in [-0.25, -0.2) is 0 Å². The Balaban J connectivity index is 0.00000109. The van der Waals surface area contributed by atoms with Crippen molar-refractivity contribution in [3.63, 3.8) is 0 Å². The predicted octanol–water partition coefficient (Wildman–Crippen LogP) is -0.993. The number of carbonyl (C=O) groups is 5. The Kier molecular flexibility index (Phi) is 21.1. The summed E-state index contributed by atoms with van der Waals surface area (Å²) in [6, 6.07) is 16.8. The number of fused-ring (bicyclic) bond motifs is 1. The van der Waals surface area contributed by atoms with Crippen molar-refractivity contribution in [3.8, 4) is 0 Å². The maximum absolute atomic E-state index is 13.4. The summed E-state index contributed by atoms with van der Waals surface area (Å²) in [6.45, 7) is 3.67. The van der Waals surface area contributed by atoms with Gasteiger partial charge in [0.1, 0.15) is 18.9 Å². The fraction of sp³-hybridized carbons (Fsp3) is 0.459. The van der Waals surface area contributed by atoms with E-state index in [0.29, 0.717) is 24.8 Å². The summed E-state index contributed by atoms with van der Waals surface area (Å²) in [6.07, 6.45) is 2.64. The number of rotatable bonds is 22.